The van der Waals surface area contributed by atoms with E-state index in [9.17, 15) is 4.79 Å². The molecule has 0 atom stereocenters. The maximum Gasteiger partial charge on any atom is 0.253 e. The van der Waals surface area contributed by atoms with Crippen LogP contribution in [0.1, 0.15) is 11.1 Å². The number of benzene rings is 1. The molecule has 1 aromatic heterocycles. The van der Waals surface area contributed by atoms with Crippen LogP contribution in [0.3, 0.4) is 0 Å². The lowest BCUT2D eigenvalue weighted by molar-refractivity contribution is 0.341. The van der Waals surface area contributed by atoms with Crippen LogP contribution in [0.4, 0.5) is 5.82 Å². The fourth-order valence-corrected chi connectivity index (χ4v) is 2.38. The molecule has 0 saturated heterocycles. The first-order valence-electron chi connectivity index (χ1n) is 6.24. The number of aromatic nitrogens is 2. The van der Waals surface area contributed by atoms with Gasteiger partial charge in [-0.15, -0.1) is 0 Å². The maximum atomic E-state index is 11.2. The first-order valence-corrected chi connectivity index (χ1v) is 7.23. The standard InChI is InChI=1S/C14H17N3O2S/c1-9-3-4-10(2)11(7-9)19-5-6-20-14-16-12(15)8-13(18)17-14/h3-4,7-8H,5-6H2,1-2H3,(H3,15,16,17,18). The molecule has 1 heterocycles. The third kappa shape index (κ3) is 4.03. The summed E-state index contributed by atoms with van der Waals surface area (Å²) in [7, 11) is 0. The predicted molar refractivity (Wildman–Crippen MR) is 81.4 cm³/mol. The lowest BCUT2D eigenvalue weighted by Crippen LogP contribution is -2.10. The van der Waals surface area contributed by atoms with Gasteiger partial charge in [0.05, 0.1) is 6.61 Å². The number of aromatic amines is 1. The zero-order valence-corrected chi connectivity index (χ0v) is 12.3. The summed E-state index contributed by atoms with van der Waals surface area (Å²) in [6.07, 6.45) is 0. The number of rotatable bonds is 5. The van der Waals surface area contributed by atoms with Crippen molar-refractivity contribution in [2.45, 2.75) is 19.0 Å². The molecule has 0 aliphatic carbocycles. The Morgan fingerprint density at radius 1 is 1.35 bits per heavy atom. The normalized spacial score (nSPS) is 10.5. The lowest BCUT2D eigenvalue weighted by atomic mass is 10.1. The number of aryl methyl sites for hydroxylation is 2. The molecule has 1 aromatic carbocycles. The molecule has 3 N–H and O–H groups in total. The Hall–Kier alpha value is -1.95. The van der Waals surface area contributed by atoms with Crippen LogP contribution in [-0.2, 0) is 0 Å². The number of nitrogens with zero attached hydrogens (tertiary/aromatic N) is 1. The van der Waals surface area contributed by atoms with Gasteiger partial charge in [0.15, 0.2) is 5.16 Å². The zero-order chi connectivity index (χ0) is 14.5. The molecule has 0 spiro atoms. The molecule has 6 heteroatoms. The molecule has 2 aromatic rings. The second-order valence-corrected chi connectivity index (χ2v) is 5.52. The van der Waals surface area contributed by atoms with Crippen molar-refractivity contribution in [1.29, 1.82) is 0 Å². The monoisotopic (exact) mass is 291 g/mol. The molecule has 0 fully saturated rings. The van der Waals surface area contributed by atoms with Crippen LogP contribution in [0.25, 0.3) is 0 Å². The topological polar surface area (TPSA) is 81.0 Å². The fraction of sp³-hybridized carbons (Fsp3) is 0.286. The second-order valence-electron chi connectivity index (χ2n) is 4.44. The van der Waals surface area contributed by atoms with E-state index in [0.29, 0.717) is 17.5 Å². The predicted octanol–water partition coefficient (Wildman–Crippen LogP) is 2.14. The summed E-state index contributed by atoms with van der Waals surface area (Å²) in [4.78, 5) is 17.9. The largest absolute Gasteiger partial charge is 0.492 e. The number of nitrogen functional groups attached to an aromatic ring is 1. The fourth-order valence-electron chi connectivity index (χ4n) is 1.67. The molecule has 0 aliphatic rings. The van der Waals surface area contributed by atoms with Gasteiger partial charge in [0.25, 0.3) is 5.56 Å². The molecule has 0 unspecified atom stereocenters. The van der Waals surface area contributed by atoms with Gasteiger partial charge in [0.1, 0.15) is 11.6 Å². The molecular weight excluding hydrogens is 274 g/mol. The van der Waals surface area contributed by atoms with Gasteiger partial charge in [-0.1, -0.05) is 23.9 Å². The van der Waals surface area contributed by atoms with Crippen molar-refractivity contribution in [1.82, 2.24) is 9.97 Å². The number of nitrogens with one attached hydrogen (secondary N) is 1. The zero-order valence-electron chi connectivity index (χ0n) is 11.5. The van der Waals surface area contributed by atoms with Crippen LogP contribution < -0.4 is 16.0 Å². The van der Waals surface area contributed by atoms with Crippen LogP contribution in [0.15, 0.2) is 34.2 Å². The van der Waals surface area contributed by atoms with Gasteiger partial charge in [-0.25, -0.2) is 4.98 Å². The smallest absolute Gasteiger partial charge is 0.253 e. The quantitative estimate of drug-likeness (QED) is 0.501. The van der Waals surface area contributed by atoms with Crippen LogP contribution in [0.5, 0.6) is 5.75 Å². The summed E-state index contributed by atoms with van der Waals surface area (Å²) in [5, 5.41) is 0.513. The van der Waals surface area contributed by atoms with Crippen molar-refractivity contribution in [3.05, 3.63) is 45.7 Å². The minimum atomic E-state index is -0.240. The minimum absolute atomic E-state index is 0.228. The average molecular weight is 291 g/mol. The highest BCUT2D eigenvalue weighted by Crippen LogP contribution is 2.20. The summed E-state index contributed by atoms with van der Waals surface area (Å²) >= 11 is 1.41. The minimum Gasteiger partial charge on any atom is -0.492 e. The van der Waals surface area contributed by atoms with Gasteiger partial charge in [-0.3, -0.25) is 4.79 Å². The van der Waals surface area contributed by atoms with E-state index in [1.165, 1.54) is 23.4 Å². The molecule has 0 bridgehead atoms. The van der Waals surface area contributed by atoms with E-state index < -0.39 is 0 Å². The van der Waals surface area contributed by atoms with E-state index in [4.69, 9.17) is 10.5 Å². The third-order valence-corrected chi connectivity index (χ3v) is 3.50. The van der Waals surface area contributed by atoms with E-state index in [2.05, 4.69) is 16.0 Å². The van der Waals surface area contributed by atoms with Crippen molar-refractivity contribution < 1.29 is 4.74 Å². The Bertz CT molecular complexity index is 655. The first-order chi connectivity index (χ1) is 9.54. The summed E-state index contributed by atoms with van der Waals surface area (Å²) in [5.41, 5.74) is 7.55. The van der Waals surface area contributed by atoms with Crippen molar-refractivity contribution in [3.8, 4) is 5.75 Å². The van der Waals surface area contributed by atoms with E-state index in [-0.39, 0.29) is 11.4 Å². The molecule has 0 amide bonds. The molecule has 106 valence electrons. The molecule has 20 heavy (non-hydrogen) atoms. The number of anilines is 1. The number of hydrogen-bond acceptors (Lipinski definition) is 5. The number of hydrogen-bond donors (Lipinski definition) is 2. The van der Waals surface area contributed by atoms with Crippen LogP contribution in [-0.4, -0.2) is 22.3 Å². The molecular formula is C14H17N3O2S. The summed E-state index contributed by atoms with van der Waals surface area (Å²) in [5.74, 6) is 1.80. The van der Waals surface area contributed by atoms with Gasteiger partial charge in [0.2, 0.25) is 0 Å². The maximum absolute atomic E-state index is 11.2. The van der Waals surface area contributed by atoms with E-state index in [1.807, 2.05) is 26.0 Å². The van der Waals surface area contributed by atoms with E-state index in [0.717, 1.165) is 11.3 Å². The van der Waals surface area contributed by atoms with Gasteiger partial charge in [-0.2, -0.15) is 0 Å². The van der Waals surface area contributed by atoms with Gasteiger partial charge >= 0.3 is 0 Å². The molecule has 0 radical (unpaired) electrons. The Morgan fingerprint density at radius 2 is 2.15 bits per heavy atom. The average Bonchev–Trinajstić information content (AvgIpc) is 2.37. The first kappa shape index (κ1) is 14.5. The van der Waals surface area contributed by atoms with Gasteiger partial charge in [0, 0.05) is 11.8 Å². The van der Waals surface area contributed by atoms with Gasteiger partial charge < -0.3 is 15.5 Å². The van der Waals surface area contributed by atoms with E-state index >= 15 is 0 Å². The Morgan fingerprint density at radius 3 is 2.90 bits per heavy atom. The SMILES string of the molecule is Cc1ccc(C)c(OCCSc2nc(N)cc(=O)[nH]2)c1. The summed E-state index contributed by atoms with van der Waals surface area (Å²) in [6.45, 7) is 4.58. The number of nitrogens with two attached hydrogens (primary N) is 1. The van der Waals surface area contributed by atoms with Crippen LogP contribution >= 0.6 is 11.8 Å². The van der Waals surface area contributed by atoms with Crippen molar-refractivity contribution in [2.75, 3.05) is 18.1 Å². The Balaban J connectivity index is 1.87. The lowest BCUT2D eigenvalue weighted by Gasteiger charge is -2.09. The van der Waals surface area contributed by atoms with Crippen molar-refractivity contribution >= 4 is 17.6 Å². The highest BCUT2D eigenvalue weighted by molar-refractivity contribution is 7.99. The number of thioether (sulfide) groups is 1. The highest BCUT2D eigenvalue weighted by atomic mass is 32.2. The van der Waals surface area contributed by atoms with Crippen LogP contribution in [0, 0.1) is 13.8 Å². The molecule has 5 nitrogen and oxygen atoms in total. The Labute approximate surface area is 121 Å². The Kier molecular flexibility index (Phi) is 4.68. The number of H-pyrrole nitrogens is 1. The van der Waals surface area contributed by atoms with Crippen LogP contribution in [0.2, 0.25) is 0 Å². The highest BCUT2D eigenvalue weighted by Gasteiger charge is 2.02. The summed E-state index contributed by atoms with van der Waals surface area (Å²) in [6, 6.07) is 7.37. The molecule has 0 saturated carbocycles. The van der Waals surface area contributed by atoms with Crippen molar-refractivity contribution in [3.63, 3.8) is 0 Å². The van der Waals surface area contributed by atoms with E-state index in [1.54, 1.807) is 0 Å². The third-order valence-electron chi connectivity index (χ3n) is 2.66. The second kappa shape index (κ2) is 6.47. The van der Waals surface area contributed by atoms with Gasteiger partial charge in [-0.05, 0) is 31.0 Å². The summed E-state index contributed by atoms with van der Waals surface area (Å²) < 4.78 is 5.73. The van der Waals surface area contributed by atoms with Crippen molar-refractivity contribution in [2.24, 2.45) is 0 Å². The molecule has 0 aliphatic heterocycles. The number of ether oxygens (including phenoxy) is 1. The molecule has 2 rings (SSSR count).